The lowest BCUT2D eigenvalue weighted by Gasteiger charge is -2.30. The Morgan fingerprint density at radius 1 is 1.43 bits per heavy atom. The second-order valence-electron chi connectivity index (χ2n) is 3.66. The van der Waals surface area contributed by atoms with Gasteiger partial charge in [0.1, 0.15) is 0 Å². The van der Waals surface area contributed by atoms with E-state index in [1.165, 1.54) is 6.42 Å². The predicted octanol–water partition coefficient (Wildman–Crippen LogP) is 3.44. The number of pyridine rings is 1. The van der Waals surface area contributed by atoms with Gasteiger partial charge in [-0.2, -0.15) is 0 Å². The molecule has 4 heteroatoms. The molecule has 1 aromatic rings. The van der Waals surface area contributed by atoms with Crippen LogP contribution in [0, 0.1) is 5.92 Å². The lowest BCUT2D eigenvalue weighted by molar-refractivity contribution is 0.0580. The van der Waals surface area contributed by atoms with Crippen LogP contribution in [0.2, 0.25) is 0 Å². The van der Waals surface area contributed by atoms with Gasteiger partial charge in [0.15, 0.2) is 0 Å². The summed E-state index contributed by atoms with van der Waals surface area (Å²) in [5.41, 5.74) is 0.762. The van der Waals surface area contributed by atoms with Crippen molar-refractivity contribution >= 4 is 31.9 Å². The van der Waals surface area contributed by atoms with E-state index in [9.17, 15) is 5.11 Å². The predicted molar refractivity (Wildman–Crippen MR) is 61.9 cm³/mol. The lowest BCUT2D eigenvalue weighted by atomic mass is 9.80. The molecule has 1 aromatic heterocycles. The highest BCUT2D eigenvalue weighted by Crippen LogP contribution is 2.39. The van der Waals surface area contributed by atoms with Gasteiger partial charge in [-0.05, 0) is 56.7 Å². The zero-order valence-corrected chi connectivity index (χ0v) is 10.8. The average molecular weight is 321 g/mol. The molecular weight excluding hydrogens is 310 g/mol. The molecule has 1 unspecified atom stereocenters. The molecule has 2 nitrogen and oxygen atoms in total. The molecule has 1 fully saturated rings. The van der Waals surface area contributed by atoms with Gasteiger partial charge < -0.3 is 5.11 Å². The van der Waals surface area contributed by atoms with E-state index in [4.69, 9.17) is 0 Å². The second-order valence-corrected chi connectivity index (χ2v) is 5.43. The number of hydrogen-bond donors (Lipinski definition) is 1. The van der Waals surface area contributed by atoms with Crippen molar-refractivity contribution in [3.8, 4) is 0 Å². The SMILES string of the molecule is OC(c1ncc(Br)cc1Br)C1CCC1. The van der Waals surface area contributed by atoms with E-state index in [1.54, 1.807) is 6.20 Å². The first-order chi connectivity index (χ1) is 6.68. The Labute approximate surface area is 100.0 Å². The number of aliphatic hydroxyl groups is 1. The Morgan fingerprint density at radius 2 is 2.14 bits per heavy atom. The van der Waals surface area contributed by atoms with Crippen LogP contribution in [0.5, 0.6) is 0 Å². The van der Waals surface area contributed by atoms with E-state index in [0.717, 1.165) is 27.5 Å². The molecule has 1 N–H and O–H groups in total. The summed E-state index contributed by atoms with van der Waals surface area (Å²) in [6.45, 7) is 0. The van der Waals surface area contributed by atoms with Crippen LogP contribution < -0.4 is 0 Å². The number of halogens is 2. The quantitative estimate of drug-likeness (QED) is 0.905. The fourth-order valence-corrected chi connectivity index (χ4v) is 2.84. The van der Waals surface area contributed by atoms with Crippen molar-refractivity contribution in [1.29, 1.82) is 0 Å². The molecule has 0 saturated heterocycles. The van der Waals surface area contributed by atoms with Crippen molar-refractivity contribution in [2.75, 3.05) is 0 Å². The van der Waals surface area contributed by atoms with Gasteiger partial charge in [-0.15, -0.1) is 0 Å². The lowest BCUT2D eigenvalue weighted by Crippen LogP contribution is -2.21. The number of aliphatic hydroxyl groups excluding tert-OH is 1. The van der Waals surface area contributed by atoms with Crippen molar-refractivity contribution in [3.05, 3.63) is 26.9 Å². The minimum atomic E-state index is -0.411. The molecule has 1 heterocycles. The molecule has 76 valence electrons. The highest BCUT2D eigenvalue weighted by molar-refractivity contribution is 9.11. The first-order valence-electron chi connectivity index (χ1n) is 4.67. The van der Waals surface area contributed by atoms with E-state index in [1.807, 2.05) is 6.07 Å². The smallest absolute Gasteiger partial charge is 0.0999 e. The monoisotopic (exact) mass is 319 g/mol. The average Bonchev–Trinajstić information content (AvgIpc) is 2.00. The van der Waals surface area contributed by atoms with Crippen LogP contribution in [-0.4, -0.2) is 10.1 Å². The minimum absolute atomic E-state index is 0.403. The molecule has 0 spiro atoms. The summed E-state index contributed by atoms with van der Waals surface area (Å²) in [5.74, 6) is 0.403. The van der Waals surface area contributed by atoms with E-state index in [2.05, 4.69) is 36.8 Å². The van der Waals surface area contributed by atoms with Gasteiger partial charge in [0.2, 0.25) is 0 Å². The van der Waals surface area contributed by atoms with Crippen LogP contribution in [0.3, 0.4) is 0 Å². The molecular formula is C10H11Br2NO. The van der Waals surface area contributed by atoms with E-state index >= 15 is 0 Å². The van der Waals surface area contributed by atoms with Crippen LogP contribution in [0.4, 0.5) is 0 Å². The van der Waals surface area contributed by atoms with Crippen LogP contribution in [0.25, 0.3) is 0 Å². The van der Waals surface area contributed by atoms with Crippen LogP contribution in [0.1, 0.15) is 31.1 Å². The molecule has 0 bridgehead atoms. The summed E-state index contributed by atoms with van der Waals surface area (Å²) >= 11 is 6.76. The topological polar surface area (TPSA) is 33.1 Å². The maximum Gasteiger partial charge on any atom is 0.0999 e. The van der Waals surface area contributed by atoms with Crippen molar-refractivity contribution in [2.45, 2.75) is 25.4 Å². The van der Waals surface area contributed by atoms with Crippen molar-refractivity contribution < 1.29 is 5.11 Å². The number of aromatic nitrogens is 1. The van der Waals surface area contributed by atoms with E-state index < -0.39 is 6.10 Å². The standard InChI is InChI=1S/C10H11Br2NO/c11-7-4-8(12)9(13-5-7)10(14)6-2-1-3-6/h4-6,10,14H,1-3H2. The zero-order chi connectivity index (χ0) is 10.1. The third kappa shape index (κ3) is 2.02. The third-order valence-corrected chi connectivity index (χ3v) is 3.78. The molecule has 1 aliphatic rings. The van der Waals surface area contributed by atoms with Crippen molar-refractivity contribution in [1.82, 2.24) is 4.98 Å². The van der Waals surface area contributed by atoms with Crippen molar-refractivity contribution in [3.63, 3.8) is 0 Å². The van der Waals surface area contributed by atoms with Crippen molar-refractivity contribution in [2.24, 2.45) is 5.92 Å². The summed E-state index contributed by atoms with van der Waals surface area (Å²) < 4.78 is 1.81. The summed E-state index contributed by atoms with van der Waals surface area (Å²) in [5, 5.41) is 10.0. The Bertz CT molecular complexity index is 339. The second kappa shape index (κ2) is 4.29. The van der Waals surface area contributed by atoms with Gasteiger partial charge in [-0.1, -0.05) is 6.42 Å². The number of hydrogen-bond acceptors (Lipinski definition) is 2. The molecule has 1 saturated carbocycles. The molecule has 0 aromatic carbocycles. The summed E-state index contributed by atoms with van der Waals surface area (Å²) in [7, 11) is 0. The van der Waals surface area contributed by atoms with Gasteiger partial charge in [-0.25, -0.2) is 0 Å². The Hall–Kier alpha value is 0.0700. The first-order valence-corrected chi connectivity index (χ1v) is 6.26. The first kappa shape index (κ1) is 10.6. The number of rotatable bonds is 2. The fourth-order valence-electron chi connectivity index (χ4n) is 1.62. The van der Waals surface area contributed by atoms with E-state index in [0.29, 0.717) is 5.92 Å². The Morgan fingerprint density at radius 3 is 2.64 bits per heavy atom. The fraction of sp³-hybridized carbons (Fsp3) is 0.500. The van der Waals surface area contributed by atoms with Crippen LogP contribution in [0.15, 0.2) is 21.2 Å². The molecule has 0 aliphatic heterocycles. The van der Waals surface area contributed by atoms with Gasteiger partial charge in [0.05, 0.1) is 11.8 Å². The summed E-state index contributed by atoms with van der Waals surface area (Å²) in [6.07, 6.45) is 4.78. The van der Waals surface area contributed by atoms with Crippen LogP contribution >= 0.6 is 31.9 Å². The Kier molecular flexibility index (Phi) is 3.24. The maximum atomic E-state index is 10.0. The maximum absolute atomic E-state index is 10.0. The summed E-state index contributed by atoms with van der Waals surface area (Å²) in [4.78, 5) is 4.24. The highest BCUT2D eigenvalue weighted by Gasteiger charge is 2.28. The number of nitrogens with zero attached hydrogens (tertiary/aromatic N) is 1. The molecule has 0 amide bonds. The summed E-state index contributed by atoms with van der Waals surface area (Å²) in [6, 6.07) is 1.92. The molecule has 2 rings (SSSR count). The zero-order valence-electron chi connectivity index (χ0n) is 7.58. The molecule has 14 heavy (non-hydrogen) atoms. The van der Waals surface area contributed by atoms with Gasteiger partial charge >= 0.3 is 0 Å². The largest absolute Gasteiger partial charge is 0.386 e. The minimum Gasteiger partial charge on any atom is -0.386 e. The molecule has 1 aliphatic carbocycles. The van der Waals surface area contributed by atoms with Gasteiger partial charge in [-0.3, -0.25) is 4.98 Å². The molecule has 0 radical (unpaired) electrons. The van der Waals surface area contributed by atoms with E-state index in [-0.39, 0.29) is 0 Å². The highest BCUT2D eigenvalue weighted by atomic mass is 79.9. The normalized spacial score (nSPS) is 19.1. The Balaban J connectivity index is 2.22. The molecule has 1 atom stereocenters. The van der Waals surface area contributed by atoms with Gasteiger partial charge in [0, 0.05) is 15.1 Å². The third-order valence-electron chi connectivity index (χ3n) is 2.71. The van der Waals surface area contributed by atoms with Crippen LogP contribution in [-0.2, 0) is 0 Å². The van der Waals surface area contributed by atoms with Gasteiger partial charge in [0.25, 0.3) is 0 Å².